The number of primary amides is 1. The summed E-state index contributed by atoms with van der Waals surface area (Å²) in [6.45, 7) is 0. The first-order chi connectivity index (χ1) is 11.5. The monoisotopic (exact) mass is 330 g/mol. The van der Waals surface area contributed by atoms with E-state index in [0.717, 1.165) is 12.5 Å². The van der Waals surface area contributed by atoms with Gasteiger partial charge < -0.3 is 15.5 Å². The fourth-order valence-corrected chi connectivity index (χ4v) is 2.00. The summed E-state index contributed by atoms with van der Waals surface area (Å²) in [5, 5.41) is 6.30. The molecule has 0 aliphatic rings. The molecule has 3 N–H and O–H groups in total. The van der Waals surface area contributed by atoms with E-state index in [-0.39, 0.29) is 28.5 Å². The number of nitrogens with two attached hydrogens (primary N) is 1. The van der Waals surface area contributed by atoms with Gasteiger partial charge in [0.1, 0.15) is 6.26 Å². The standard InChI is InChI=1S/C14H11FN6O3/c1-21-5-9(11(20-21)12(16)22)18-13(23)10-6-24-14(19-10)7-2-3-17-4-8(7)15/h2-6H,1H3,(H2,16,22)(H,18,23). The third-order valence-corrected chi connectivity index (χ3v) is 3.05. The number of hydrogen-bond donors (Lipinski definition) is 2. The largest absolute Gasteiger partial charge is 0.444 e. The first-order valence-corrected chi connectivity index (χ1v) is 6.66. The molecule has 3 aromatic rings. The highest BCUT2D eigenvalue weighted by Gasteiger charge is 2.19. The number of nitrogens with one attached hydrogen (secondary N) is 1. The maximum absolute atomic E-state index is 13.7. The highest BCUT2D eigenvalue weighted by molar-refractivity contribution is 6.07. The van der Waals surface area contributed by atoms with E-state index in [2.05, 4.69) is 20.4 Å². The van der Waals surface area contributed by atoms with Gasteiger partial charge in [0, 0.05) is 19.4 Å². The lowest BCUT2D eigenvalue weighted by Gasteiger charge is -2.00. The molecule has 3 heterocycles. The number of aryl methyl sites for hydroxylation is 1. The predicted molar refractivity (Wildman–Crippen MR) is 79.4 cm³/mol. The third-order valence-electron chi connectivity index (χ3n) is 3.05. The molecule has 122 valence electrons. The van der Waals surface area contributed by atoms with Crippen LogP contribution in [-0.2, 0) is 7.05 Å². The SMILES string of the molecule is Cn1cc(NC(=O)c2coc(-c3ccncc3F)n2)c(C(N)=O)n1. The number of oxazole rings is 1. The number of nitrogens with zero attached hydrogens (tertiary/aromatic N) is 4. The van der Waals surface area contributed by atoms with E-state index in [0.29, 0.717) is 0 Å². The zero-order valence-electron chi connectivity index (χ0n) is 12.4. The molecule has 3 rings (SSSR count). The second-order valence-corrected chi connectivity index (χ2v) is 4.78. The van der Waals surface area contributed by atoms with Gasteiger partial charge in [0.25, 0.3) is 11.8 Å². The number of anilines is 1. The molecule has 10 heteroatoms. The lowest BCUT2D eigenvalue weighted by molar-refractivity contribution is 0.0995. The second kappa shape index (κ2) is 5.91. The average molecular weight is 330 g/mol. The Balaban J connectivity index is 1.85. The minimum Gasteiger partial charge on any atom is -0.444 e. The van der Waals surface area contributed by atoms with Crippen molar-refractivity contribution in [3.8, 4) is 11.5 Å². The summed E-state index contributed by atoms with van der Waals surface area (Å²) in [7, 11) is 1.57. The summed E-state index contributed by atoms with van der Waals surface area (Å²) in [4.78, 5) is 31.0. The van der Waals surface area contributed by atoms with Crippen molar-refractivity contribution in [3.63, 3.8) is 0 Å². The molecule has 0 unspecified atom stereocenters. The van der Waals surface area contributed by atoms with Crippen LogP contribution in [0, 0.1) is 5.82 Å². The average Bonchev–Trinajstić information content (AvgIpc) is 3.14. The van der Waals surface area contributed by atoms with E-state index in [1.807, 2.05) is 0 Å². The Kier molecular flexibility index (Phi) is 3.78. The molecule has 24 heavy (non-hydrogen) atoms. The van der Waals surface area contributed by atoms with E-state index < -0.39 is 17.6 Å². The number of amides is 2. The van der Waals surface area contributed by atoms with Crippen LogP contribution in [-0.4, -0.2) is 31.6 Å². The van der Waals surface area contributed by atoms with Gasteiger partial charge in [0.05, 0.1) is 17.4 Å². The van der Waals surface area contributed by atoms with Crippen LogP contribution in [0.3, 0.4) is 0 Å². The maximum atomic E-state index is 13.7. The van der Waals surface area contributed by atoms with E-state index in [1.165, 1.54) is 23.1 Å². The van der Waals surface area contributed by atoms with Gasteiger partial charge in [-0.25, -0.2) is 9.37 Å². The molecule has 0 saturated heterocycles. The molecule has 9 nitrogen and oxygen atoms in total. The molecule has 3 aromatic heterocycles. The Morgan fingerprint density at radius 2 is 2.21 bits per heavy atom. The van der Waals surface area contributed by atoms with Gasteiger partial charge in [-0.3, -0.25) is 19.3 Å². The van der Waals surface area contributed by atoms with E-state index >= 15 is 0 Å². The van der Waals surface area contributed by atoms with Gasteiger partial charge in [-0.2, -0.15) is 5.10 Å². The Morgan fingerprint density at radius 3 is 2.92 bits per heavy atom. The number of carbonyl (C=O) groups is 2. The molecule has 2 amide bonds. The molecule has 0 spiro atoms. The Hall–Kier alpha value is -3.56. The van der Waals surface area contributed by atoms with Crippen molar-refractivity contribution in [3.05, 3.63) is 48.1 Å². The smallest absolute Gasteiger partial charge is 0.277 e. The van der Waals surface area contributed by atoms with E-state index in [9.17, 15) is 14.0 Å². The first kappa shape index (κ1) is 15.3. The van der Waals surface area contributed by atoms with Gasteiger partial charge in [-0.15, -0.1) is 0 Å². The molecule has 0 aliphatic heterocycles. The van der Waals surface area contributed by atoms with Crippen molar-refractivity contribution in [1.29, 1.82) is 0 Å². The van der Waals surface area contributed by atoms with Crippen LogP contribution in [0.5, 0.6) is 0 Å². The van der Waals surface area contributed by atoms with Gasteiger partial charge in [0.15, 0.2) is 17.2 Å². The van der Waals surface area contributed by atoms with Crippen LogP contribution in [0.25, 0.3) is 11.5 Å². The second-order valence-electron chi connectivity index (χ2n) is 4.78. The number of aromatic nitrogens is 4. The van der Waals surface area contributed by atoms with Crippen molar-refractivity contribution < 1.29 is 18.4 Å². The molecular weight excluding hydrogens is 319 g/mol. The van der Waals surface area contributed by atoms with E-state index in [4.69, 9.17) is 10.2 Å². The Labute approximate surface area is 134 Å². The summed E-state index contributed by atoms with van der Waals surface area (Å²) < 4.78 is 20.1. The Bertz CT molecular complexity index is 932. The number of halogens is 1. The molecular formula is C14H11FN6O3. The minimum absolute atomic E-state index is 0.0682. The summed E-state index contributed by atoms with van der Waals surface area (Å²) in [6.07, 6.45) is 4.87. The van der Waals surface area contributed by atoms with Crippen molar-refractivity contribution in [2.45, 2.75) is 0 Å². The summed E-state index contributed by atoms with van der Waals surface area (Å²) >= 11 is 0. The predicted octanol–water partition coefficient (Wildman–Crippen LogP) is 0.960. The number of rotatable bonds is 4. The van der Waals surface area contributed by atoms with Crippen molar-refractivity contribution >= 4 is 17.5 Å². The quantitative estimate of drug-likeness (QED) is 0.733. The number of hydrogen-bond acceptors (Lipinski definition) is 6. The summed E-state index contributed by atoms with van der Waals surface area (Å²) in [5.74, 6) is -2.14. The third kappa shape index (κ3) is 2.84. The topological polar surface area (TPSA) is 129 Å². The lowest BCUT2D eigenvalue weighted by atomic mass is 10.2. The molecule has 0 fully saturated rings. The fourth-order valence-electron chi connectivity index (χ4n) is 2.00. The normalized spacial score (nSPS) is 10.6. The van der Waals surface area contributed by atoms with Crippen LogP contribution in [0.2, 0.25) is 0 Å². The fraction of sp³-hybridized carbons (Fsp3) is 0.0714. The zero-order valence-corrected chi connectivity index (χ0v) is 12.4. The Morgan fingerprint density at radius 1 is 1.42 bits per heavy atom. The van der Waals surface area contributed by atoms with Crippen LogP contribution in [0.4, 0.5) is 10.1 Å². The minimum atomic E-state index is -0.786. The molecule has 0 saturated carbocycles. The van der Waals surface area contributed by atoms with Crippen molar-refractivity contribution in [2.24, 2.45) is 12.8 Å². The van der Waals surface area contributed by atoms with Crippen LogP contribution >= 0.6 is 0 Å². The number of pyridine rings is 1. The van der Waals surface area contributed by atoms with Crippen LogP contribution < -0.4 is 11.1 Å². The zero-order chi connectivity index (χ0) is 17.3. The molecule has 0 aliphatic carbocycles. The maximum Gasteiger partial charge on any atom is 0.277 e. The molecule has 0 bridgehead atoms. The van der Waals surface area contributed by atoms with Crippen LogP contribution in [0.15, 0.2) is 35.3 Å². The first-order valence-electron chi connectivity index (χ1n) is 6.66. The highest BCUT2D eigenvalue weighted by atomic mass is 19.1. The van der Waals surface area contributed by atoms with Gasteiger partial charge >= 0.3 is 0 Å². The van der Waals surface area contributed by atoms with Gasteiger partial charge in [0.2, 0.25) is 5.89 Å². The molecule has 0 atom stereocenters. The number of carbonyl (C=O) groups excluding carboxylic acids is 2. The summed E-state index contributed by atoms with van der Waals surface area (Å²) in [6, 6.07) is 1.37. The van der Waals surface area contributed by atoms with Crippen LogP contribution in [0.1, 0.15) is 21.0 Å². The van der Waals surface area contributed by atoms with Crippen molar-refractivity contribution in [2.75, 3.05) is 5.32 Å². The van der Waals surface area contributed by atoms with Gasteiger partial charge in [-0.05, 0) is 6.07 Å². The molecule has 0 aromatic carbocycles. The van der Waals surface area contributed by atoms with Gasteiger partial charge in [-0.1, -0.05) is 0 Å². The lowest BCUT2D eigenvalue weighted by Crippen LogP contribution is -2.18. The summed E-state index contributed by atoms with van der Waals surface area (Å²) in [5.41, 5.74) is 5.21. The highest BCUT2D eigenvalue weighted by Crippen LogP contribution is 2.21. The molecule has 0 radical (unpaired) electrons. The van der Waals surface area contributed by atoms with Crippen molar-refractivity contribution in [1.82, 2.24) is 19.7 Å². The van der Waals surface area contributed by atoms with E-state index in [1.54, 1.807) is 7.05 Å².